The molecule has 0 bridgehead atoms. The first-order chi connectivity index (χ1) is 17.6. The van der Waals surface area contributed by atoms with Crippen LogP contribution in [0.1, 0.15) is 202 Å². The van der Waals surface area contributed by atoms with Gasteiger partial charge in [-0.1, -0.05) is 107 Å². The summed E-state index contributed by atoms with van der Waals surface area (Å²) >= 11 is 0. The van der Waals surface area contributed by atoms with E-state index in [0.29, 0.717) is 35.5 Å². The number of hydrogen-bond acceptors (Lipinski definition) is 0. The number of rotatable bonds is 14. The lowest BCUT2D eigenvalue weighted by Crippen LogP contribution is -2.14. The van der Waals surface area contributed by atoms with Crippen LogP contribution in [0.3, 0.4) is 0 Å². The second-order valence-corrected chi connectivity index (χ2v) is 12.4. The minimum Gasteiger partial charge on any atom is -0.0648 e. The van der Waals surface area contributed by atoms with E-state index in [0.717, 1.165) is 6.42 Å². The first kappa shape index (κ1) is 31.7. The van der Waals surface area contributed by atoms with Crippen LogP contribution in [-0.4, -0.2) is 0 Å². The third kappa shape index (κ3) is 7.30. The van der Waals surface area contributed by atoms with Crippen LogP contribution in [0.25, 0.3) is 0 Å². The summed E-state index contributed by atoms with van der Waals surface area (Å²) in [7, 11) is 0. The van der Waals surface area contributed by atoms with Gasteiger partial charge in [-0.3, -0.25) is 0 Å². The van der Waals surface area contributed by atoms with Gasteiger partial charge < -0.3 is 0 Å². The molecule has 37 heavy (non-hydrogen) atoms. The molecule has 208 valence electrons. The average Bonchev–Trinajstić information content (AvgIpc) is 2.94. The van der Waals surface area contributed by atoms with Gasteiger partial charge in [0.2, 0.25) is 0 Å². The Morgan fingerprint density at radius 3 is 0.784 bits per heavy atom. The van der Waals surface area contributed by atoms with E-state index in [4.69, 9.17) is 0 Å². The Morgan fingerprint density at radius 1 is 0.378 bits per heavy atom. The topological polar surface area (TPSA) is 0 Å². The summed E-state index contributed by atoms with van der Waals surface area (Å²) in [6.07, 6.45) is 8.26. The summed E-state index contributed by atoms with van der Waals surface area (Å²) in [6.45, 7) is 28.8. The maximum atomic E-state index is 2.60. The highest BCUT2D eigenvalue weighted by Crippen LogP contribution is 2.41. The molecule has 6 unspecified atom stereocenters. The smallest absolute Gasteiger partial charge is 0.00144 e. The van der Waals surface area contributed by atoms with Gasteiger partial charge in [0.25, 0.3) is 0 Å². The predicted molar refractivity (Wildman–Crippen MR) is 168 cm³/mol. The van der Waals surface area contributed by atoms with Crippen molar-refractivity contribution in [2.24, 2.45) is 0 Å². The maximum absolute atomic E-state index is 2.60. The van der Waals surface area contributed by atoms with E-state index in [2.05, 4.69) is 107 Å². The highest BCUT2D eigenvalue weighted by atomic mass is 14.3. The molecule has 0 aliphatic carbocycles. The highest BCUT2D eigenvalue weighted by molar-refractivity contribution is 5.51. The van der Waals surface area contributed by atoms with Crippen molar-refractivity contribution in [2.45, 2.75) is 164 Å². The highest BCUT2D eigenvalue weighted by Gasteiger charge is 2.25. The van der Waals surface area contributed by atoms with Crippen molar-refractivity contribution >= 4 is 0 Å². The van der Waals surface area contributed by atoms with Gasteiger partial charge in [0.1, 0.15) is 0 Å². The number of benzene rings is 2. The van der Waals surface area contributed by atoms with Crippen LogP contribution in [0, 0.1) is 0 Å². The summed E-state index contributed by atoms with van der Waals surface area (Å²) in [5.41, 5.74) is 12.8. The summed E-state index contributed by atoms with van der Waals surface area (Å²) in [5.74, 6) is 3.56. The van der Waals surface area contributed by atoms with Crippen LogP contribution >= 0.6 is 0 Å². The number of hydrogen-bond donors (Lipinski definition) is 0. The summed E-state index contributed by atoms with van der Waals surface area (Å²) in [6, 6.07) is 10.4. The standard InChI is InChI=1S/C37H60/c1-13-24(7)30-19-32(26(9)15-3)36(33(20-30)27(10)16-4)23-37-34(28(11)17-5)21-31(25(8)14-2)22-35(37)29(12)18-6/h19-22,24-29H,13-18,23H2,1-12H3. The third-order valence-corrected chi connectivity index (χ3v) is 9.97. The van der Waals surface area contributed by atoms with Crippen molar-refractivity contribution in [2.75, 3.05) is 0 Å². The predicted octanol–water partition coefficient (Wildman–Crippen LogP) is 12.4. The van der Waals surface area contributed by atoms with Gasteiger partial charge in [-0.2, -0.15) is 0 Å². The molecule has 0 aromatic heterocycles. The van der Waals surface area contributed by atoms with Crippen LogP contribution in [0.5, 0.6) is 0 Å². The lowest BCUT2D eigenvalue weighted by Gasteiger charge is -2.29. The second kappa shape index (κ2) is 14.6. The molecule has 0 saturated carbocycles. The zero-order valence-corrected chi connectivity index (χ0v) is 26.7. The Kier molecular flexibility index (Phi) is 12.5. The van der Waals surface area contributed by atoms with Crippen molar-refractivity contribution < 1.29 is 0 Å². The van der Waals surface area contributed by atoms with Crippen LogP contribution in [0.4, 0.5) is 0 Å². The average molecular weight is 505 g/mol. The van der Waals surface area contributed by atoms with Gasteiger partial charge in [0.05, 0.1) is 0 Å². The van der Waals surface area contributed by atoms with E-state index in [1.165, 1.54) is 38.5 Å². The fourth-order valence-corrected chi connectivity index (χ4v) is 5.75. The largest absolute Gasteiger partial charge is 0.0648 e. The fourth-order valence-electron chi connectivity index (χ4n) is 5.75. The van der Waals surface area contributed by atoms with Crippen molar-refractivity contribution in [3.8, 4) is 0 Å². The molecule has 0 aliphatic heterocycles. The first-order valence-corrected chi connectivity index (χ1v) is 15.9. The molecule has 0 fully saturated rings. The molecule has 0 saturated heterocycles. The summed E-state index contributed by atoms with van der Waals surface area (Å²) in [5, 5.41) is 0. The minimum absolute atomic E-state index is 0.584. The van der Waals surface area contributed by atoms with Crippen molar-refractivity contribution in [3.05, 3.63) is 68.8 Å². The molecular weight excluding hydrogens is 444 g/mol. The molecule has 0 N–H and O–H groups in total. The molecule has 0 aliphatic rings. The third-order valence-electron chi connectivity index (χ3n) is 9.97. The molecule has 2 aromatic carbocycles. The lowest BCUT2D eigenvalue weighted by molar-refractivity contribution is 0.665. The van der Waals surface area contributed by atoms with Gasteiger partial charge >= 0.3 is 0 Å². The molecule has 0 nitrogen and oxygen atoms in total. The quantitative estimate of drug-likeness (QED) is 0.240. The molecule has 0 spiro atoms. The Labute approximate surface area is 232 Å². The van der Waals surface area contributed by atoms with Gasteiger partial charge in [0, 0.05) is 0 Å². The molecule has 2 aromatic rings. The van der Waals surface area contributed by atoms with Crippen LogP contribution in [0.2, 0.25) is 0 Å². The molecule has 0 heterocycles. The van der Waals surface area contributed by atoms with Gasteiger partial charge in [-0.05, 0) is 125 Å². The minimum atomic E-state index is 0.584. The second-order valence-electron chi connectivity index (χ2n) is 12.4. The summed E-state index contributed by atoms with van der Waals surface area (Å²) in [4.78, 5) is 0. The maximum Gasteiger partial charge on any atom is -0.00144 e. The Morgan fingerprint density at radius 2 is 0.595 bits per heavy atom. The van der Waals surface area contributed by atoms with Crippen molar-refractivity contribution in [1.82, 2.24) is 0 Å². The monoisotopic (exact) mass is 504 g/mol. The molecule has 0 radical (unpaired) electrons. The Bertz CT molecular complexity index is 838. The van der Waals surface area contributed by atoms with E-state index in [9.17, 15) is 0 Å². The van der Waals surface area contributed by atoms with E-state index in [1.807, 2.05) is 0 Å². The Balaban J connectivity index is 2.94. The van der Waals surface area contributed by atoms with Crippen LogP contribution in [0.15, 0.2) is 24.3 Å². The lowest BCUT2D eigenvalue weighted by atomic mass is 9.75. The van der Waals surface area contributed by atoms with E-state index in [1.54, 1.807) is 44.5 Å². The fraction of sp³-hybridized carbons (Fsp3) is 0.676. The van der Waals surface area contributed by atoms with Gasteiger partial charge in [0.15, 0.2) is 0 Å². The van der Waals surface area contributed by atoms with E-state index in [-0.39, 0.29) is 0 Å². The van der Waals surface area contributed by atoms with Gasteiger partial charge in [-0.25, -0.2) is 0 Å². The van der Waals surface area contributed by atoms with Crippen molar-refractivity contribution in [3.63, 3.8) is 0 Å². The van der Waals surface area contributed by atoms with Crippen LogP contribution in [-0.2, 0) is 6.42 Å². The SMILES string of the molecule is CCC(C)c1cc(C(C)CC)c(Cc2c(C(C)CC)cc(C(C)CC)cc2C(C)CC)c(C(C)CC)c1. The summed E-state index contributed by atoms with van der Waals surface area (Å²) < 4.78 is 0. The van der Waals surface area contributed by atoms with E-state index >= 15 is 0 Å². The Hall–Kier alpha value is -1.56. The molecular formula is C37H60. The van der Waals surface area contributed by atoms with Crippen LogP contribution < -0.4 is 0 Å². The first-order valence-electron chi connectivity index (χ1n) is 15.9. The molecule has 2 rings (SSSR count). The van der Waals surface area contributed by atoms with Gasteiger partial charge in [-0.15, -0.1) is 0 Å². The zero-order chi connectivity index (χ0) is 27.9. The van der Waals surface area contributed by atoms with E-state index < -0.39 is 0 Å². The van der Waals surface area contributed by atoms with Crippen molar-refractivity contribution in [1.29, 1.82) is 0 Å². The normalized spacial score (nSPS) is 16.8. The molecule has 0 amide bonds. The molecule has 6 atom stereocenters. The molecule has 0 heteroatoms. The zero-order valence-electron chi connectivity index (χ0n) is 26.7.